The summed E-state index contributed by atoms with van der Waals surface area (Å²) in [5.74, 6) is -0.0656. The van der Waals surface area contributed by atoms with E-state index in [1.807, 2.05) is 24.3 Å². The molecule has 0 aliphatic rings. The average Bonchev–Trinajstić information content (AvgIpc) is 2.66. The van der Waals surface area contributed by atoms with Crippen LogP contribution in [0.4, 0.5) is 0 Å². The van der Waals surface area contributed by atoms with Crippen molar-refractivity contribution in [3.8, 4) is 0 Å². The molecule has 1 aromatic carbocycles. The Bertz CT molecular complexity index is 457. The maximum Gasteiger partial charge on any atom is 0.107 e. The van der Waals surface area contributed by atoms with Gasteiger partial charge in [-0.3, -0.25) is 0 Å². The molecule has 0 bridgehead atoms. The minimum absolute atomic E-state index is 0.125. The number of hydrogen-bond acceptors (Lipinski definition) is 3. The van der Waals surface area contributed by atoms with Crippen molar-refractivity contribution in [2.45, 2.75) is 25.7 Å². The lowest BCUT2D eigenvalue weighted by Gasteiger charge is -1.99. The standard InChI is InChI=1S/C12H14N2O2/c15-12(16)8-4-3-7-11-13-9-5-1-2-6-10(9)14-11/h1-2,5-6H,3-4,7-8H2,(H,13,14)(H,15,16)/p-1. The van der Waals surface area contributed by atoms with E-state index in [1.165, 1.54) is 0 Å². The minimum atomic E-state index is -0.982. The number of nitrogens with one attached hydrogen (secondary N) is 1. The van der Waals surface area contributed by atoms with Gasteiger partial charge in [0.1, 0.15) is 5.82 Å². The summed E-state index contributed by atoms with van der Waals surface area (Å²) in [6.45, 7) is 0. The Morgan fingerprint density at radius 3 is 2.88 bits per heavy atom. The SMILES string of the molecule is O=C([O-])CCCCc1nc2ccccc2[nH]1. The molecule has 2 rings (SSSR count). The molecule has 0 saturated carbocycles. The number of carbonyl (C=O) groups excluding carboxylic acids is 1. The lowest BCUT2D eigenvalue weighted by molar-refractivity contribution is -0.305. The number of aromatic amines is 1. The molecule has 2 aromatic rings. The van der Waals surface area contributed by atoms with E-state index >= 15 is 0 Å². The molecule has 0 spiro atoms. The van der Waals surface area contributed by atoms with E-state index < -0.39 is 5.97 Å². The van der Waals surface area contributed by atoms with Crippen molar-refractivity contribution >= 4 is 17.0 Å². The Labute approximate surface area is 93.3 Å². The number of nitrogens with zero attached hydrogens (tertiary/aromatic N) is 1. The van der Waals surface area contributed by atoms with Gasteiger partial charge in [-0.05, 0) is 31.4 Å². The zero-order valence-electron chi connectivity index (χ0n) is 8.90. The zero-order chi connectivity index (χ0) is 11.4. The first-order valence-electron chi connectivity index (χ1n) is 5.39. The van der Waals surface area contributed by atoms with E-state index in [2.05, 4.69) is 9.97 Å². The number of benzene rings is 1. The summed E-state index contributed by atoms with van der Waals surface area (Å²) in [6, 6.07) is 7.84. The van der Waals surface area contributed by atoms with Crippen molar-refractivity contribution in [2.24, 2.45) is 0 Å². The molecule has 16 heavy (non-hydrogen) atoms. The van der Waals surface area contributed by atoms with Crippen LogP contribution in [0.25, 0.3) is 11.0 Å². The van der Waals surface area contributed by atoms with Gasteiger partial charge in [0, 0.05) is 12.4 Å². The van der Waals surface area contributed by atoms with Crippen LogP contribution in [0.5, 0.6) is 0 Å². The fourth-order valence-corrected chi connectivity index (χ4v) is 1.69. The molecule has 4 heteroatoms. The number of aliphatic carboxylic acids is 1. The summed E-state index contributed by atoms with van der Waals surface area (Å²) >= 11 is 0. The van der Waals surface area contributed by atoms with Gasteiger partial charge in [0.05, 0.1) is 11.0 Å². The van der Waals surface area contributed by atoms with Crippen LogP contribution in [0.15, 0.2) is 24.3 Å². The van der Waals surface area contributed by atoms with Crippen LogP contribution >= 0.6 is 0 Å². The Kier molecular flexibility index (Phi) is 3.19. The molecule has 0 amide bonds. The summed E-state index contributed by atoms with van der Waals surface area (Å²) < 4.78 is 0. The third kappa shape index (κ3) is 2.59. The van der Waals surface area contributed by atoms with E-state index in [-0.39, 0.29) is 6.42 Å². The van der Waals surface area contributed by atoms with Crippen molar-refractivity contribution in [1.82, 2.24) is 9.97 Å². The van der Waals surface area contributed by atoms with Crippen LogP contribution in [0.2, 0.25) is 0 Å². The maximum atomic E-state index is 10.2. The number of H-pyrrole nitrogens is 1. The number of para-hydroxylation sites is 2. The number of fused-ring (bicyclic) bond motifs is 1. The summed E-state index contributed by atoms with van der Waals surface area (Å²) in [4.78, 5) is 17.8. The highest BCUT2D eigenvalue weighted by molar-refractivity contribution is 5.74. The summed E-state index contributed by atoms with van der Waals surface area (Å²) in [7, 11) is 0. The smallest absolute Gasteiger partial charge is 0.107 e. The molecule has 0 aliphatic carbocycles. The summed E-state index contributed by atoms with van der Waals surface area (Å²) in [5.41, 5.74) is 1.98. The molecule has 0 unspecified atom stereocenters. The van der Waals surface area contributed by atoms with Gasteiger partial charge in [0.15, 0.2) is 0 Å². The minimum Gasteiger partial charge on any atom is -0.550 e. The molecule has 1 aromatic heterocycles. The molecule has 0 saturated heterocycles. The first-order chi connectivity index (χ1) is 7.75. The predicted octanol–water partition coefficient (Wildman–Crippen LogP) is 1.03. The quantitative estimate of drug-likeness (QED) is 0.760. The number of aryl methyl sites for hydroxylation is 1. The summed E-state index contributed by atoms with van der Waals surface area (Å²) in [6.07, 6.45) is 2.36. The number of unbranched alkanes of at least 4 members (excludes halogenated alkanes) is 1. The number of imidazole rings is 1. The second-order valence-electron chi connectivity index (χ2n) is 3.78. The number of carboxylic acid groups (broad SMARTS) is 1. The Morgan fingerprint density at radius 1 is 1.31 bits per heavy atom. The average molecular weight is 217 g/mol. The van der Waals surface area contributed by atoms with E-state index in [1.54, 1.807) is 0 Å². The maximum absolute atomic E-state index is 10.2. The van der Waals surface area contributed by atoms with Gasteiger partial charge in [-0.25, -0.2) is 4.98 Å². The van der Waals surface area contributed by atoms with E-state index in [0.717, 1.165) is 29.7 Å². The molecule has 4 nitrogen and oxygen atoms in total. The van der Waals surface area contributed by atoms with E-state index in [9.17, 15) is 9.90 Å². The van der Waals surface area contributed by atoms with Crippen LogP contribution in [0.3, 0.4) is 0 Å². The van der Waals surface area contributed by atoms with Gasteiger partial charge < -0.3 is 14.9 Å². The molecule has 1 N–H and O–H groups in total. The normalized spacial score (nSPS) is 10.8. The molecule has 0 aliphatic heterocycles. The third-order valence-corrected chi connectivity index (χ3v) is 2.48. The Balaban J connectivity index is 1.92. The molecular weight excluding hydrogens is 204 g/mol. The van der Waals surface area contributed by atoms with Crippen LogP contribution < -0.4 is 5.11 Å². The topological polar surface area (TPSA) is 68.8 Å². The number of carboxylic acids is 1. The van der Waals surface area contributed by atoms with Crippen molar-refractivity contribution in [1.29, 1.82) is 0 Å². The Morgan fingerprint density at radius 2 is 2.12 bits per heavy atom. The molecule has 84 valence electrons. The largest absolute Gasteiger partial charge is 0.550 e. The lowest BCUT2D eigenvalue weighted by atomic mass is 10.2. The van der Waals surface area contributed by atoms with Gasteiger partial charge in [-0.2, -0.15) is 0 Å². The van der Waals surface area contributed by atoms with E-state index in [4.69, 9.17) is 0 Å². The fourth-order valence-electron chi connectivity index (χ4n) is 1.69. The van der Waals surface area contributed by atoms with Gasteiger partial charge in [-0.1, -0.05) is 12.1 Å². The van der Waals surface area contributed by atoms with Crippen molar-refractivity contribution in [3.05, 3.63) is 30.1 Å². The van der Waals surface area contributed by atoms with Crippen LogP contribution in [-0.2, 0) is 11.2 Å². The van der Waals surface area contributed by atoms with Gasteiger partial charge in [0.25, 0.3) is 0 Å². The monoisotopic (exact) mass is 217 g/mol. The van der Waals surface area contributed by atoms with Crippen LogP contribution in [0.1, 0.15) is 25.1 Å². The second-order valence-corrected chi connectivity index (χ2v) is 3.78. The van der Waals surface area contributed by atoms with Crippen LogP contribution in [0, 0.1) is 0 Å². The Hall–Kier alpha value is -1.84. The van der Waals surface area contributed by atoms with Gasteiger partial charge >= 0.3 is 0 Å². The van der Waals surface area contributed by atoms with E-state index in [0.29, 0.717) is 6.42 Å². The first kappa shape index (κ1) is 10.7. The second kappa shape index (κ2) is 4.79. The van der Waals surface area contributed by atoms with Crippen LogP contribution in [-0.4, -0.2) is 15.9 Å². The fraction of sp³-hybridized carbons (Fsp3) is 0.333. The highest BCUT2D eigenvalue weighted by Gasteiger charge is 2.01. The summed E-state index contributed by atoms with van der Waals surface area (Å²) in [5, 5.41) is 10.2. The highest BCUT2D eigenvalue weighted by atomic mass is 16.4. The van der Waals surface area contributed by atoms with Crippen molar-refractivity contribution in [2.75, 3.05) is 0 Å². The molecule has 0 fully saturated rings. The first-order valence-corrected chi connectivity index (χ1v) is 5.39. The number of carbonyl (C=O) groups is 1. The molecule has 1 heterocycles. The third-order valence-electron chi connectivity index (χ3n) is 2.48. The van der Waals surface area contributed by atoms with Gasteiger partial charge in [-0.15, -0.1) is 0 Å². The number of rotatable bonds is 5. The molecule has 0 atom stereocenters. The molecule has 0 radical (unpaired) electrons. The highest BCUT2D eigenvalue weighted by Crippen LogP contribution is 2.12. The zero-order valence-corrected chi connectivity index (χ0v) is 8.90. The predicted molar refractivity (Wildman–Crippen MR) is 58.7 cm³/mol. The van der Waals surface area contributed by atoms with Crippen molar-refractivity contribution < 1.29 is 9.90 Å². The molecular formula is C12H13N2O2-. The number of aromatic nitrogens is 2. The van der Waals surface area contributed by atoms with Crippen molar-refractivity contribution in [3.63, 3.8) is 0 Å². The number of hydrogen-bond donors (Lipinski definition) is 1. The lowest BCUT2D eigenvalue weighted by Crippen LogP contribution is -2.21. The van der Waals surface area contributed by atoms with Gasteiger partial charge in [0.2, 0.25) is 0 Å².